The lowest BCUT2D eigenvalue weighted by Crippen LogP contribution is -2.51. The second kappa shape index (κ2) is 7.78. The molecule has 2 aromatic rings. The van der Waals surface area contributed by atoms with Crippen LogP contribution in [0, 0.1) is 6.92 Å². The fourth-order valence-electron chi connectivity index (χ4n) is 3.92. The topological polar surface area (TPSA) is 75.6 Å². The summed E-state index contributed by atoms with van der Waals surface area (Å²) >= 11 is 0. The molecule has 0 radical (unpaired) electrons. The lowest BCUT2D eigenvalue weighted by atomic mass is 10.2. The number of hydrogen-bond acceptors (Lipinski definition) is 6. The van der Waals surface area contributed by atoms with Crippen LogP contribution in [0.2, 0.25) is 0 Å². The Morgan fingerprint density at radius 1 is 1.17 bits per heavy atom. The molecule has 4 rings (SSSR count). The molecule has 2 saturated heterocycles. The molecule has 2 aliphatic heterocycles. The van der Waals surface area contributed by atoms with Gasteiger partial charge in [-0.1, -0.05) is 6.07 Å². The number of nitrogens with zero attached hydrogens (tertiary/aromatic N) is 4. The highest BCUT2D eigenvalue weighted by atomic mass is 32.2. The minimum atomic E-state index is -4.60. The average molecular weight is 442 g/mol. The van der Waals surface area contributed by atoms with Crippen molar-refractivity contribution in [3.05, 3.63) is 47.9 Å². The van der Waals surface area contributed by atoms with Crippen molar-refractivity contribution in [1.82, 2.24) is 19.2 Å². The Balaban J connectivity index is 1.46. The lowest BCUT2D eigenvalue weighted by Gasteiger charge is -2.36. The number of halogens is 3. The molecule has 0 amide bonds. The Morgan fingerprint density at radius 3 is 2.70 bits per heavy atom. The smallest absolute Gasteiger partial charge is 0.416 e. The molecule has 2 atom stereocenters. The molecule has 0 bridgehead atoms. The van der Waals surface area contributed by atoms with E-state index in [4.69, 9.17) is 4.74 Å². The van der Waals surface area contributed by atoms with Crippen LogP contribution < -0.4 is 4.74 Å². The number of sulfonamides is 1. The molecule has 3 heterocycles. The molecule has 1 aromatic carbocycles. The van der Waals surface area contributed by atoms with Crippen LogP contribution >= 0.6 is 0 Å². The summed E-state index contributed by atoms with van der Waals surface area (Å²) in [6.07, 6.45) is -0.985. The van der Waals surface area contributed by atoms with Gasteiger partial charge in [-0.2, -0.15) is 17.5 Å². The van der Waals surface area contributed by atoms with Gasteiger partial charge in [-0.05, 0) is 25.1 Å². The van der Waals surface area contributed by atoms with Crippen LogP contribution in [0.3, 0.4) is 0 Å². The maximum atomic E-state index is 13.0. The first-order valence-corrected chi connectivity index (χ1v) is 10.9. The van der Waals surface area contributed by atoms with Crippen molar-refractivity contribution in [2.75, 3.05) is 26.2 Å². The SMILES string of the molecule is Cc1cncc(O[C@H]2C[C@H]3CN(S(=O)(=O)c4cccc(C(F)(F)F)c4)CCN3C2)n1. The van der Waals surface area contributed by atoms with Crippen molar-refractivity contribution in [3.8, 4) is 5.88 Å². The predicted octanol–water partition coefficient (Wildman–Crippen LogP) is 2.33. The van der Waals surface area contributed by atoms with Crippen molar-refractivity contribution < 1.29 is 26.3 Å². The molecule has 2 fully saturated rings. The number of benzene rings is 1. The summed E-state index contributed by atoms with van der Waals surface area (Å²) in [4.78, 5) is 10.1. The number of ether oxygens (including phenoxy) is 1. The molecule has 11 heteroatoms. The molecule has 30 heavy (non-hydrogen) atoms. The second-order valence-electron chi connectivity index (χ2n) is 7.51. The number of piperazine rings is 1. The fourth-order valence-corrected chi connectivity index (χ4v) is 5.44. The van der Waals surface area contributed by atoms with Crippen LogP contribution in [0.25, 0.3) is 0 Å². The summed E-state index contributed by atoms with van der Waals surface area (Å²) in [6, 6.07) is 3.81. The van der Waals surface area contributed by atoms with E-state index < -0.39 is 21.8 Å². The first kappa shape index (κ1) is 21.0. The number of rotatable bonds is 4. The predicted molar refractivity (Wildman–Crippen MR) is 101 cm³/mol. The van der Waals surface area contributed by atoms with Gasteiger partial charge in [0.2, 0.25) is 15.9 Å². The minimum Gasteiger partial charge on any atom is -0.472 e. The highest BCUT2D eigenvalue weighted by Crippen LogP contribution is 2.32. The second-order valence-corrected chi connectivity index (χ2v) is 9.45. The lowest BCUT2D eigenvalue weighted by molar-refractivity contribution is -0.137. The molecular formula is C19H21F3N4O3S. The summed E-state index contributed by atoms with van der Waals surface area (Å²) in [5.74, 6) is 0.424. The largest absolute Gasteiger partial charge is 0.472 e. The zero-order chi connectivity index (χ0) is 21.5. The van der Waals surface area contributed by atoms with E-state index in [1.165, 1.54) is 16.6 Å². The van der Waals surface area contributed by atoms with E-state index in [9.17, 15) is 21.6 Å². The van der Waals surface area contributed by atoms with Gasteiger partial charge < -0.3 is 4.74 Å². The third-order valence-corrected chi connectivity index (χ3v) is 7.22. The maximum Gasteiger partial charge on any atom is 0.416 e. The van der Waals surface area contributed by atoms with Gasteiger partial charge in [0.05, 0.1) is 22.3 Å². The van der Waals surface area contributed by atoms with E-state index in [0.717, 1.165) is 17.8 Å². The Labute approximate surface area is 172 Å². The standard InChI is InChI=1S/C19H21F3N4O3S/c1-13-9-23-10-18(24-13)29-16-8-15-11-26(6-5-25(15)12-16)30(27,28)17-4-2-3-14(7-17)19(20,21)22/h2-4,7,9-10,15-16H,5-6,8,11-12H2,1H3/t15-,16-/m0/s1. The minimum absolute atomic E-state index is 0.0675. The van der Waals surface area contributed by atoms with Gasteiger partial charge in [0.1, 0.15) is 6.10 Å². The normalized spacial score (nSPS) is 23.3. The van der Waals surface area contributed by atoms with Gasteiger partial charge in [0.25, 0.3) is 0 Å². The van der Waals surface area contributed by atoms with Crippen molar-refractivity contribution in [2.24, 2.45) is 0 Å². The van der Waals surface area contributed by atoms with Gasteiger partial charge in [-0.25, -0.2) is 13.4 Å². The van der Waals surface area contributed by atoms with Gasteiger partial charge >= 0.3 is 6.18 Å². The zero-order valence-electron chi connectivity index (χ0n) is 16.2. The average Bonchev–Trinajstić information content (AvgIpc) is 3.09. The molecule has 0 spiro atoms. The molecule has 0 unspecified atom stereocenters. The molecule has 0 N–H and O–H groups in total. The summed E-state index contributed by atoms with van der Waals surface area (Å²) in [6.45, 7) is 3.36. The Kier molecular flexibility index (Phi) is 5.45. The Hall–Kier alpha value is -2.24. The maximum absolute atomic E-state index is 13.0. The molecule has 7 nitrogen and oxygen atoms in total. The van der Waals surface area contributed by atoms with Crippen LogP contribution in [0.15, 0.2) is 41.6 Å². The van der Waals surface area contributed by atoms with Crippen LogP contribution in [-0.2, 0) is 16.2 Å². The van der Waals surface area contributed by atoms with E-state index >= 15 is 0 Å². The van der Waals surface area contributed by atoms with Crippen LogP contribution in [0.4, 0.5) is 13.2 Å². The number of hydrogen-bond donors (Lipinski definition) is 0. The summed E-state index contributed by atoms with van der Waals surface area (Å²) in [5.41, 5.74) is -0.239. The molecule has 2 aliphatic rings. The number of alkyl halides is 3. The van der Waals surface area contributed by atoms with Gasteiger partial charge in [0.15, 0.2) is 0 Å². The molecule has 0 saturated carbocycles. The van der Waals surface area contributed by atoms with Gasteiger partial charge in [-0.3, -0.25) is 9.88 Å². The molecule has 0 aliphatic carbocycles. The monoisotopic (exact) mass is 442 g/mol. The van der Waals surface area contributed by atoms with E-state index in [1.54, 1.807) is 6.20 Å². The first-order chi connectivity index (χ1) is 14.1. The fraction of sp³-hybridized carbons (Fsp3) is 0.474. The van der Waals surface area contributed by atoms with Crippen LogP contribution in [0.5, 0.6) is 5.88 Å². The van der Waals surface area contributed by atoms with E-state index in [1.807, 2.05) is 6.92 Å². The number of aryl methyl sites for hydroxylation is 1. The summed E-state index contributed by atoms with van der Waals surface area (Å²) in [7, 11) is -4.02. The highest BCUT2D eigenvalue weighted by Gasteiger charge is 2.41. The van der Waals surface area contributed by atoms with E-state index in [2.05, 4.69) is 14.9 Å². The first-order valence-electron chi connectivity index (χ1n) is 9.50. The zero-order valence-corrected chi connectivity index (χ0v) is 17.0. The number of aromatic nitrogens is 2. The molecular weight excluding hydrogens is 421 g/mol. The van der Waals surface area contributed by atoms with Gasteiger partial charge in [0, 0.05) is 44.8 Å². The summed E-state index contributed by atoms with van der Waals surface area (Å²) in [5, 5.41) is 0. The van der Waals surface area contributed by atoms with Gasteiger partial charge in [-0.15, -0.1) is 0 Å². The molecule has 1 aromatic heterocycles. The van der Waals surface area contributed by atoms with Crippen molar-refractivity contribution >= 4 is 10.0 Å². The third kappa shape index (κ3) is 4.28. The Bertz CT molecular complexity index is 1030. The highest BCUT2D eigenvalue weighted by molar-refractivity contribution is 7.89. The van der Waals surface area contributed by atoms with Crippen molar-refractivity contribution in [2.45, 2.75) is 36.6 Å². The van der Waals surface area contributed by atoms with Crippen molar-refractivity contribution in [1.29, 1.82) is 0 Å². The third-order valence-electron chi connectivity index (χ3n) is 5.36. The summed E-state index contributed by atoms with van der Waals surface area (Å²) < 4.78 is 72.0. The van der Waals surface area contributed by atoms with Crippen molar-refractivity contribution in [3.63, 3.8) is 0 Å². The van der Waals surface area contributed by atoms with Crippen LogP contribution in [0.1, 0.15) is 17.7 Å². The Morgan fingerprint density at radius 2 is 1.97 bits per heavy atom. The number of fused-ring (bicyclic) bond motifs is 1. The van der Waals surface area contributed by atoms with E-state index in [-0.39, 0.29) is 30.1 Å². The van der Waals surface area contributed by atoms with Crippen LogP contribution in [-0.4, -0.2) is 65.9 Å². The van der Waals surface area contributed by atoms with E-state index in [0.29, 0.717) is 31.5 Å². The molecule has 162 valence electrons. The quantitative estimate of drug-likeness (QED) is 0.724.